The summed E-state index contributed by atoms with van der Waals surface area (Å²) in [5.74, 6) is 1.39. The summed E-state index contributed by atoms with van der Waals surface area (Å²) in [6.45, 7) is 2.26. The number of thiophene rings is 1. The zero-order valence-corrected chi connectivity index (χ0v) is 18.5. The van der Waals surface area contributed by atoms with Gasteiger partial charge in [0.05, 0.1) is 16.1 Å². The second-order valence-electron chi connectivity index (χ2n) is 8.94. The van der Waals surface area contributed by atoms with Gasteiger partial charge in [0.1, 0.15) is 5.82 Å². The molecule has 0 spiro atoms. The first-order valence-corrected chi connectivity index (χ1v) is 12.1. The van der Waals surface area contributed by atoms with Crippen LogP contribution in [-0.2, 0) is 4.79 Å². The minimum absolute atomic E-state index is 0.0321. The molecule has 7 nitrogen and oxygen atoms in total. The number of rotatable bonds is 6. The van der Waals surface area contributed by atoms with Crippen molar-refractivity contribution >= 4 is 50.6 Å². The molecule has 3 heterocycles. The average molecular weight is 447 g/mol. The Bertz CT molecular complexity index is 1180. The molecule has 2 aromatic heterocycles. The van der Waals surface area contributed by atoms with Gasteiger partial charge in [-0.25, -0.2) is 4.98 Å². The van der Waals surface area contributed by atoms with E-state index in [1.54, 1.807) is 11.3 Å². The first-order chi connectivity index (χ1) is 15.7. The van der Waals surface area contributed by atoms with E-state index < -0.39 is 0 Å². The summed E-state index contributed by atoms with van der Waals surface area (Å²) in [5, 5.41) is 8.94. The van der Waals surface area contributed by atoms with Crippen LogP contribution in [0.5, 0.6) is 0 Å². The van der Waals surface area contributed by atoms with Gasteiger partial charge in [-0.3, -0.25) is 4.79 Å². The third-order valence-corrected chi connectivity index (χ3v) is 7.90. The lowest BCUT2D eigenvalue weighted by Crippen LogP contribution is -2.41. The van der Waals surface area contributed by atoms with Crippen LogP contribution in [0.2, 0.25) is 0 Å². The molecule has 8 heteroatoms. The zero-order chi connectivity index (χ0) is 21.7. The van der Waals surface area contributed by atoms with E-state index in [1.807, 2.05) is 11.4 Å². The van der Waals surface area contributed by atoms with Gasteiger partial charge in [-0.2, -0.15) is 4.98 Å². The van der Waals surface area contributed by atoms with Gasteiger partial charge in [-0.15, -0.1) is 11.3 Å². The van der Waals surface area contributed by atoms with Gasteiger partial charge >= 0.3 is 0 Å². The maximum absolute atomic E-state index is 12.1. The Balaban J connectivity index is 1.27. The van der Waals surface area contributed by atoms with Crippen molar-refractivity contribution in [1.82, 2.24) is 9.97 Å². The van der Waals surface area contributed by atoms with Crippen LogP contribution >= 0.6 is 11.3 Å². The Labute approximate surface area is 190 Å². The Morgan fingerprint density at radius 2 is 1.84 bits per heavy atom. The van der Waals surface area contributed by atoms with E-state index in [-0.39, 0.29) is 23.8 Å². The number of fused-ring (bicyclic) bond motifs is 3. The Kier molecular flexibility index (Phi) is 4.75. The number of aromatic nitrogens is 2. The predicted molar refractivity (Wildman–Crippen MR) is 129 cm³/mol. The maximum Gasteiger partial charge on any atom is 0.229 e. The molecular weight excluding hydrogens is 420 g/mol. The molecule has 2 bridgehead atoms. The summed E-state index contributed by atoms with van der Waals surface area (Å²) in [5.41, 5.74) is 8.84. The summed E-state index contributed by atoms with van der Waals surface area (Å²) in [6.07, 6.45) is 7.84. The molecule has 164 valence electrons. The summed E-state index contributed by atoms with van der Waals surface area (Å²) >= 11 is 1.60. The number of anilines is 4. The summed E-state index contributed by atoms with van der Waals surface area (Å²) < 4.78 is 0.995. The van der Waals surface area contributed by atoms with Gasteiger partial charge in [0, 0.05) is 30.5 Å². The standard InChI is InChI=1S/C24H26N6OS/c25-22(31)19-14-3-4-15(13-14)20(19)28-23-21-18(9-12-32-21)27-24(29-23)26-16-5-7-17(8-6-16)30-10-1-2-11-30/h3-9,12,14-15,19-20H,1-2,10-11,13H2,(H2,25,31)(H2,26,27,28,29)/t14?,15?,19-,20+/m0/s1. The lowest BCUT2D eigenvalue weighted by Gasteiger charge is -2.27. The van der Waals surface area contributed by atoms with Crippen molar-refractivity contribution in [2.75, 3.05) is 28.6 Å². The number of hydrogen-bond acceptors (Lipinski definition) is 7. The minimum Gasteiger partial charge on any atom is -0.372 e. The highest BCUT2D eigenvalue weighted by atomic mass is 32.1. The van der Waals surface area contributed by atoms with E-state index in [4.69, 9.17) is 15.7 Å². The number of carbonyl (C=O) groups is 1. The van der Waals surface area contributed by atoms with Gasteiger partial charge in [0.15, 0.2) is 0 Å². The number of carbonyl (C=O) groups excluding carboxylic acids is 1. The van der Waals surface area contributed by atoms with Gasteiger partial charge in [-0.05, 0) is 66.8 Å². The Hall–Kier alpha value is -3.13. The van der Waals surface area contributed by atoms with Crippen LogP contribution in [0.4, 0.5) is 23.1 Å². The molecule has 2 unspecified atom stereocenters. The van der Waals surface area contributed by atoms with Crippen molar-refractivity contribution in [3.05, 3.63) is 47.9 Å². The molecule has 1 aliphatic heterocycles. The number of amides is 1. The number of nitrogens with one attached hydrogen (secondary N) is 2. The van der Waals surface area contributed by atoms with Crippen LogP contribution in [0.15, 0.2) is 47.9 Å². The smallest absolute Gasteiger partial charge is 0.229 e. The van der Waals surface area contributed by atoms with Gasteiger partial charge in [0.25, 0.3) is 0 Å². The van der Waals surface area contributed by atoms with Gasteiger partial charge in [0.2, 0.25) is 11.9 Å². The SMILES string of the molecule is NC(=O)[C@H]1C2C=CC(C2)[C@H]1Nc1nc(Nc2ccc(N3CCCC3)cc2)nc2ccsc12. The minimum atomic E-state index is -0.243. The highest BCUT2D eigenvalue weighted by Crippen LogP contribution is 2.45. The van der Waals surface area contributed by atoms with E-state index in [9.17, 15) is 4.79 Å². The lowest BCUT2D eigenvalue weighted by molar-refractivity contribution is -0.122. The third-order valence-electron chi connectivity index (χ3n) is 6.99. The summed E-state index contributed by atoms with van der Waals surface area (Å²) in [7, 11) is 0. The predicted octanol–water partition coefficient (Wildman–Crippen LogP) is 4.12. The monoisotopic (exact) mass is 446 g/mol. The van der Waals surface area contributed by atoms with E-state index in [0.717, 1.165) is 41.2 Å². The number of allylic oxidation sites excluding steroid dienone is 1. The Morgan fingerprint density at radius 3 is 2.62 bits per heavy atom. The molecule has 2 aliphatic carbocycles. The number of nitrogens with two attached hydrogens (primary N) is 1. The second-order valence-corrected chi connectivity index (χ2v) is 9.86. The normalized spacial score (nSPS) is 26.2. The molecule has 0 radical (unpaired) electrons. The number of benzene rings is 1. The summed E-state index contributed by atoms with van der Waals surface area (Å²) in [6, 6.07) is 10.4. The summed E-state index contributed by atoms with van der Waals surface area (Å²) in [4.78, 5) is 24.1. The van der Waals surface area contributed by atoms with Gasteiger partial charge < -0.3 is 21.3 Å². The number of hydrogen-bond donors (Lipinski definition) is 3. The molecule has 1 saturated heterocycles. The molecule has 4 N–H and O–H groups in total. The second kappa shape index (κ2) is 7.78. The molecule has 2 fully saturated rings. The van der Waals surface area contributed by atoms with Crippen molar-refractivity contribution in [2.24, 2.45) is 23.5 Å². The lowest BCUT2D eigenvalue weighted by atomic mass is 9.88. The number of nitrogens with zero attached hydrogens (tertiary/aromatic N) is 3. The molecule has 6 rings (SSSR count). The molecule has 4 atom stereocenters. The highest BCUT2D eigenvalue weighted by Gasteiger charge is 2.47. The third kappa shape index (κ3) is 3.39. The van der Waals surface area contributed by atoms with Crippen LogP contribution in [0.3, 0.4) is 0 Å². The van der Waals surface area contributed by atoms with Crippen LogP contribution < -0.4 is 21.3 Å². The molecule has 1 saturated carbocycles. The van der Waals surface area contributed by atoms with E-state index in [2.05, 4.69) is 52.0 Å². The average Bonchev–Trinajstić information content (AvgIpc) is 3.58. The first kappa shape index (κ1) is 19.5. The molecule has 1 aromatic carbocycles. The molecule has 1 amide bonds. The first-order valence-electron chi connectivity index (χ1n) is 11.3. The van der Waals surface area contributed by atoms with E-state index in [0.29, 0.717) is 11.9 Å². The quantitative estimate of drug-likeness (QED) is 0.493. The van der Waals surface area contributed by atoms with Crippen LogP contribution in [-0.4, -0.2) is 35.0 Å². The van der Waals surface area contributed by atoms with E-state index in [1.165, 1.54) is 18.5 Å². The largest absolute Gasteiger partial charge is 0.372 e. The highest BCUT2D eigenvalue weighted by molar-refractivity contribution is 7.17. The van der Waals surface area contributed by atoms with Crippen LogP contribution in [0.25, 0.3) is 10.2 Å². The number of primary amides is 1. The fourth-order valence-electron chi connectivity index (χ4n) is 5.44. The fraction of sp³-hybridized carbons (Fsp3) is 0.375. The zero-order valence-electron chi connectivity index (χ0n) is 17.7. The van der Waals surface area contributed by atoms with Gasteiger partial charge in [-0.1, -0.05) is 12.2 Å². The van der Waals surface area contributed by atoms with Crippen LogP contribution in [0.1, 0.15) is 19.3 Å². The molecule has 32 heavy (non-hydrogen) atoms. The van der Waals surface area contributed by atoms with Crippen molar-refractivity contribution in [1.29, 1.82) is 0 Å². The fourth-order valence-corrected chi connectivity index (χ4v) is 6.23. The topological polar surface area (TPSA) is 96.2 Å². The van der Waals surface area contributed by atoms with Crippen molar-refractivity contribution in [3.63, 3.8) is 0 Å². The Morgan fingerprint density at radius 1 is 1.06 bits per heavy atom. The van der Waals surface area contributed by atoms with Crippen molar-refractivity contribution in [3.8, 4) is 0 Å². The van der Waals surface area contributed by atoms with Crippen LogP contribution in [0, 0.1) is 17.8 Å². The van der Waals surface area contributed by atoms with Crippen molar-refractivity contribution in [2.45, 2.75) is 25.3 Å². The van der Waals surface area contributed by atoms with E-state index >= 15 is 0 Å². The van der Waals surface area contributed by atoms with Crippen molar-refractivity contribution < 1.29 is 4.79 Å². The molecule has 3 aromatic rings. The maximum atomic E-state index is 12.1. The molecular formula is C24H26N6OS. The molecule has 3 aliphatic rings.